The number of hydrogen-bond acceptors (Lipinski definition) is 2. The van der Waals surface area contributed by atoms with Gasteiger partial charge in [0.15, 0.2) is 0 Å². The topological polar surface area (TPSA) is 41.1 Å². The molecule has 0 radical (unpaired) electrons. The van der Waals surface area contributed by atoms with Gasteiger partial charge in [-0.2, -0.15) is 0 Å². The molecule has 0 unspecified atom stereocenters. The number of rotatable bonds is 5. The van der Waals surface area contributed by atoms with Gasteiger partial charge in [0.25, 0.3) is 5.91 Å². The molecule has 3 nitrogen and oxygen atoms in total. The van der Waals surface area contributed by atoms with E-state index >= 15 is 0 Å². The summed E-state index contributed by atoms with van der Waals surface area (Å²) in [5, 5.41) is 6.21. The number of carbonyl (C=O) groups is 1. The molecule has 110 valence electrons. The molecule has 21 heavy (non-hydrogen) atoms. The summed E-state index contributed by atoms with van der Waals surface area (Å²) in [6.45, 7) is 5.77. The number of benzene rings is 2. The Morgan fingerprint density at radius 1 is 1.19 bits per heavy atom. The van der Waals surface area contributed by atoms with Crippen LogP contribution in [0.25, 0.3) is 0 Å². The molecule has 2 rings (SSSR count). The molecule has 0 atom stereocenters. The van der Waals surface area contributed by atoms with E-state index in [9.17, 15) is 4.79 Å². The summed E-state index contributed by atoms with van der Waals surface area (Å²) in [5.74, 6) is -0.0972. The van der Waals surface area contributed by atoms with Crippen LogP contribution in [0.3, 0.4) is 0 Å². The van der Waals surface area contributed by atoms with Gasteiger partial charge >= 0.3 is 0 Å². The van der Waals surface area contributed by atoms with E-state index in [-0.39, 0.29) is 5.91 Å². The highest BCUT2D eigenvalue weighted by molar-refractivity contribution is 9.10. The van der Waals surface area contributed by atoms with Crippen LogP contribution in [0.15, 0.2) is 46.9 Å². The Morgan fingerprint density at radius 2 is 2.00 bits per heavy atom. The van der Waals surface area contributed by atoms with Crippen LogP contribution in [-0.4, -0.2) is 12.5 Å². The van der Waals surface area contributed by atoms with Crippen LogP contribution >= 0.6 is 15.9 Å². The molecule has 1 amide bonds. The highest BCUT2D eigenvalue weighted by Gasteiger charge is 2.08. The third-order valence-corrected chi connectivity index (χ3v) is 3.53. The number of aryl methyl sites for hydroxylation is 1. The van der Waals surface area contributed by atoms with Gasteiger partial charge in [-0.25, -0.2) is 0 Å². The van der Waals surface area contributed by atoms with E-state index in [0.29, 0.717) is 5.56 Å². The molecule has 0 aliphatic rings. The zero-order chi connectivity index (χ0) is 15.2. The molecule has 4 heteroatoms. The Hall–Kier alpha value is -1.65. The van der Waals surface area contributed by atoms with Gasteiger partial charge in [0.05, 0.1) is 0 Å². The van der Waals surface area contributed by atoms with Gasteiger partial charge in [0, 0.05) is 22.3 Å². The molecular weight excluding hydrogens is 328 g/mol. The van der Waals surface area contributed by atoms with Crippen LogP contribution in [0.2, 0.25) is 0 Å². The minimum atomic E-state index is -0.0972. The van der Waals surface area contributed by atoms with Crippen molar-refractivity contribution in [3.63, 3.8) is 0 Å². The minimum absolute atomic E-state index is 0.0972. The third kappa shape index (κ3) is 4.69. The molecule has 0 aromatic heterocycles. The fourth-order valence-corrected chi connectivity index (χ4v) is 2.71. The lowest BCUT2D eigenvalue weighted by Crippen LogP contribution is -2.14. The monoisotopic (exact) mass is 346 g/mol. The number of nitrogens with one attached hydrogen (secondary N) is 2. The Kier molecular flexibility index (Phi) is 5.53. The summed E-state index contributed by atoms with van der Waals surface area (Å²) in [5.41, 5.74) is 3.67. The van der Waals surface area contributed by atoms with E-state index in [1.165, 1.54) is 0 Å². The summed E-state index contributed by atoms with van der Waals surface area (Å²) in [6.07, 6.45) is 0. The molecule has 2 aromatic rings. The predicted octanol–water partition coefficient (Wildman–Crippen LogP) is 4.12. The van der Waals surface area contributed by atoms with Crippen molar-refractivity contribution in [1.82, 2.24) is 5.32 Å². The van der Waals surface area contributed by atoms with Gasteiger partial charge in [-0.3, -0.25) is 4.79 Å². The summed E-state index contributed by atoms with van der Waals surface area (Å²) in [4.78, 5) is 12.3. The molecule has 0 aliphatic carbocycles. The molecule has 0 fully saturated rings. The zero-order valence-corrected chi connectivity index (χ0v) is 13.8. The number of halogens is 1. The van der Waals surface area contributed by atoms with Crippen molar-refractivity contribution in [1.29, 1.82) is 0 Å². The first-order valence-corrected chi connectivity index (χ1v) is 7.76. The van der Waals surface area contributed by atoms with Gasteiger partial charge in [0.1, 0.15) is 0 Å². The first kappa shape index (κ1) is 15.7. The van der Waals surface area contributed by atoms with Crippen LogP contribution < -0.4 is 10.6 Å². The summed E-state index contributed by atoms with van der Waals surface area (Å²) >= 11 is 3.42. The fraction of sp³-hybridized carbons (Fsp3) is 0.235. The maximum atomic E-state index is 12.3. The predicted molar refractivity (Wildman–Crippen MR) is 90.7 cm³/mol. The Bertz CT molecular complexity index is 620. The van der Waals surface area contributed by atoms with Crippen molar-refractivity contribution in [2.45, 2.75) is 20.4 Å². The zero-order valence-electron chi connectivity index (χ0n) is 12.2. The van der Waals surface area contributed by atoms with Gasteiger partial charge in [-0.05, 0) is 54.9 Å². The third-order valence-electron chi connectivity index (χ3n) is 3.07. The van der Waals surface area contributed by atoms with E-state index in [1.54, 1.807) is 0 Å². The SMILES string of the molecule is CCNCc1cccc(NC(=O)c2cc(C)cc(Br)c2)c1. The van der Waals surface area contributed by atoms with Crippen molar-refractivity contribution in [2.24, 2.45) is 0 Å². The van der Waals surface area contributed by atoms with Crippen LogP contribution in [0, 0.1) is 6.92 Å². The summed E-state index contributed by atoms with van der Waals surface area (Å²) in [6, 6.07) is 13.6. The van der Waals surface area contributed by atoms with E-state index in [2.05, 4.69) is 33.5 Å². The molecule has 0 aliphatic heterocycles. The van der Waals surface area contributed by atoms with E-state index in [0.717, 1.165) is 34.4 Å². The van der Waals surface area contributed by atoms with Crippen molar-refractivity contribution in [3.05, 3.63) is 63.6 Å². The average molecular weight is 347 g/mol. The fourth-order valence-electron chi connectivity index (χ4n) is 2.10. The van der Waals surface area contributed by atoms with Crippen LogP contribution in [0.1, 0.15) is 28.4 Å². The second-order valence-corrected chi connectivity index (χ2v) is 5.87. The minimum Gasteiger partial charge on any atom is -0.322 e. The first-order chi connectivity index (χ1) is 10.1. The summed E-state index contributed by atoms with van der Waals surface area (Å²) < 4.78 is 0.911. The van der Waals surface area contributed by atoms with Crippen molar-refractivity contribution in [2.75, 3.05) is 11.9 Å². The second-order valence-electron chi connectivity index (χ2n) is 4.95. The van der Waals surface area contributed by atoms with Crippen LogP contribution in [0.5, 0.6) is 0 Å². The average Bonchev–Trinajstić information content (AvgIpc) is 2.44. The van der Waals surface area contributed by atoms with Crippen molar-refractivity contribution < 1.29 is 4.79 Å². The molecule has 2 N–H and O–H groups in total. The molecule has 0 spiro atoms. The number of carbonyl (C=O) groups excluding carboxylic acids is 1. The standard InChI is InChI=1S/C17H19BrN2O/c1-3-19-11-13-5-4-6-16(9-13)20-17(21)14-7-12(2)8-15(18)10-14/h4-10,19H,3,11H2,1-2H3,(H,20,21). The van der Waals surface area contributed by atoms with E-state index < -0.39 is 0 Å². The van der Waals surface area contributed by atoms with Gasteiger partial charge in [0.2, 0.25) is 0 Å². The molecule has 0 saturated heterocycles. The maximum absolute atomic E-state index is 12.3. The van der Waals surface area contributed by atoms with Crippen molar-refractivity contribution in [3.8, 4) is 0 Å². The van der Waals surface area contributed by atoms with Gasteiger partial charge < -0.3 is 10.6 Å². The Morgan fingerprint density at radius 3 is 2.71 bits per heavy atom. The van der Waals surface area contributed by atoms with Crippen LogP contribution in [0.4, 0.5) is 5.69 Å². The second kappa shape index (κ2) is 7.38. The quantitative estimate of drug-likeness (QED) is 0.854. The largest absolute Gasteiger partial charge is 0.322 e. The smallest absolute Gasteiger partial charge is 0.255 e. The lowest BCUT2D eigenvalue weighted by molar-refractivity contribution is 0.102. The molecular formula is C17H19BrN2O. The molecule has 2 aromatic carbocycles. The summed E-state index contributed by atoms with van der Waals surface area (Å²) in [7, 11) is 0. The van der Waals surface area contributed by atoms with Crippen molar-refractivity contribution >= 4 is 27.5 Å². The molecule has 0 saturated carbocycles. The lowest BCUT2D eigenvalue weighted by atomic mass is 10.1. The Labute approximate surface area is 133 Å². The molecule has 0 heterocycles. The lowest BCUT2D eigenvalue weighted by Gasteiger charge is -2.09. The number of amides is 1. The number of hydrogen-bond donors (Lipinski definition) is 2. The van der Waals surface area contributed by atoms with E-state index in [4.69, 9.17) is 0 Å². The van der Waals surface area contributed by atoms with Gasteiger partial charge in [-0.15, -0.1) is 0 Å². The highest BCUT2D eigenvalue weighted by atomic mass is 79.9. The highest BCUT2D eigenvalue weighted by Crippen LogP contribution is 2.17. The van der Waals surface area contributed by atoms with Crippen LogP contribution in [-0.2, 0) is 6.54 Å². The Balaban J connectivity index is 2.11. The normalized spacial score (nSPS) is 10.4. The number of anilines is 1. The van der Waals surface area contributed by atoms with E-state index in [1.807, 2.05) is 49.4 Å². The molecule has 0 bridgehead atoms. The van der Waals surface area contributed by atoms with Gasteiger partial charge in [-0.1, -0.05) is 35.0 Å². The maximum Gasteiger partial charge on any atom is 0.255 e. The first-order valence-electron chi connectivity index (χ1n) is 6.96.